The van der Waals surface area contributed by atoms with E-state index in [1.807, 2.05) is 41.0 Å². The maximum atomic E-state index is 13.6. The quantitative estimate of drug-likeness (QED) is 0.339. The number of ether oxygens (including phenoxy) is 1. The van der Waals surface area contributed by atoms with Gasteiger partial charge in [-0.2, -0.15) is 0 Å². The predicted octanol–water partition coefficient (Wildman–Crippen LogP) is 3.74. The number of pyridine rings is 1. The van der Waals surface area contributed by atoms with Crippen LogP contribution in [0.4, 0.5) is 5.95 Å². The number of imidazole rings is 1. The second-order valence-corrected chi connectivity index (χ2v) is 7.43. The second kappa shape index (κ2) is 8.65. The molecule has 0 unspecified atom stereocenters. The number of esters is 1. The summed E-state index contributed by atoms with van der Waals surface area (Å²) in [6.07, 6.45) is 6.27. The van der Waals surface area contributed by atoms with Crippen molar-refractivity contribution in [3.8, 4) is 0 Å². The number of fused-ring (bicyclic) bond motifs is 3. The summed E-state index contributed by atoms with van der Waals surface area (Å²) in [4.78, 5) is 37.3. The monoisotopic (exact) mass is 406 g/mol. The van der Waals surface area contributed by atoms with Gasteiger partial charge in [0.1, 0.15) is 0 Å². The average Bonchev–Trinajstić information content (AvgIpc) is 3.14. The van der Waals surface area contributed by atoms with Gasteiger partial charge in [-0.15, -0.1) is 0 Å². The summed E-state index contributed by atoms with van der Waals surface area (Å²) >= 11 is 0. The highest BCUT2D eigenvalue weighted by molar-refractivity contribution is 6.08. The molecule has 0 saturated heterocycles. The molecule has 2 aromatic heterocycles. The predicted molar refractivity (Wildman–Crippen MR) is 114 cm³/mol. The van der Waals surface area contributed by atoms with Crippen LogP contribution in [0.15, 0.2) is 48.8 Å². The summed E-state index contributed by atoms with van der Waals surface area (Å²) in [5.74, 6) is -1.19. The van der Waals surface area contributed by atoms with Crippen LogP contribution < -0.4 is 4.90 Å². The number of rotatable bonds is 7. The number of hydrogen-bond donors (Lipinski definition) is 0. The lowest BCUT2D eigenvalue weighted by atomic mass is 9.90. The minimum Gasteiger partial charge on any atom is -0.465 e. The van der Waals surface area contributed by atoms with Crippen molar-refractivity contribution in [2.24, 2.45) is 5.92 Å². The van der Waals surface area contributed by atoms with E-state index in [1.54, 1.807) is 24.2 Å². The maximum absolute atomic E-state index is 13.6. The van der Waals surface area contributed by atoms with Crippen molar-refractivity contribution in [3.63, 3.8) is 0 Å². The Labute approximate surface area is 175 Å². The zero-order chi connectivity index (χ0) is 21.1. The van der Waals surface area contributed by atoms with Crippen LogP contribution in [0.1, 0.15) is 44.7 Å². The van der Waals surface area contributed by atoms with Crippen LogP contribution >= 0.6 is 0 Å². The minimum atomic E-state index is -0.985. The summed E-state index contributed by atoms with van der Waals surface area (Å²) in [5.41, 5.74) is 2.45. The molecule has 0 N–H and O–H groups in total. The molecule has 0 aliphatic carbocycles. The van der Waals surface area contributed by atoms with Crippen molar-refractivity contribution in [1.82, 2.24) is 14.5 Å². The van der Waals surface area contributed by atoms with Crippen LogP contribution in [-0.2, 0) is 14.3 Å². The van der Waals surface area contributed by atoms with Gasteiger partial charge < -0.3 is 9.30 Å². The molecule has 3 heterocycles. The molecule has 2 atom stereocenters. The zero-order valence-electron chi connectivity index (χ0n) is 17.3. The SMILES string of the molecule is CCCCCN1C(=O)[C@@H](C(=O)OCC)[C@@H](c2cccnc2)n2c1nc1ccccc12. The number of hydrogen-bond acceptors (Lipinski definition) is 5. The first kappa shape index (κ1) is 20.1. The Morgan fingerprint density at radius 3 is 2.70 bits per heavy atom. The lowest BCUT2D eigenvalue weighted by molar-refractivity contribution is -0.153. The first-order valence-corrected chi connectivity index (χ1v) is 10.5. The number of unbranched alkanes of at least 4 members (excludes halogenated alkanes) is 2. The van der Waals surface area contributed by atoms with E-state index in [2.05, 4.69) is 11.9 Å². The van der Waals surface area contributed by atoms with Crippen LogP contribution in [0.5, 0.6) is 0 Å². The summed E-state index contributed by atoms with van der Waals surface area (Å²) in [6.45, 7) is 4.61. The van der Waals surface area contributed by atoms with Gasteiger partial charge in [0, 0.05) is 18.9 Å². The summed E-state index contributed by atoms with van der Waals surface area (Å²) < 4.78 is 7.34. The molecule has 1 amide bonds. The Morgan fingerprint density at radius 1 is 1.13 bits per heavy atom. The fraction of sp³-hybridized carbons (Fsp3) is 0.391. The van der Waals surface area contributed by atoms with Gasteiger partial charge in [-0.3, -0.25) is 19.5 Å². The van der Waals surface area contributed by atoms with Gasteiger partial charge in [0.25, 0.3) is 0 Å². The van der Waals surface area contributed by atoms with E-state index in [1.165, 1.54) is 0 Å². The lowest BCUT2D eigenvalue weighted by Gasteiger charge is -2.37. The van der Waals surface area contributed by atoms with E-state index in [-0.39, 0.29) is 12.5 Å². The third kappa shape index (κ3) is 3.44. The van der Waals surface area contributed by atoms with E-state index in [9.17, 15) is 9.59 Å². The van der Waals surface area contributed by atoms with Crippen LogP contribution in [0, 0.1) is 5.92 Å². The van der Waals surface area contributed by atoms with E-state index in [0.29, 0.717) is 12.5 Å². The molecule has 0 bridgehead atoms. The summed E-state index contributed by atoms with van der Waals surface area (Å²) in [5, 5.41) is 0. The summed E-state index contributed by atoms with van der Waals surface area (Å²) in [6, 6.07) is 10.9. The standard InChI is InChI=1S/C23H26N4O3/c1-3-5-8-14-26-21(28)19(22(29)30-4-2)20(16-10-9-13-24-15-16)27-18-12-7-6-11-17(18)25-23(26)27/h6-7,9-13,15,19-20H,3-5,8,14H2,1-2H3/t19-,20+/m0/s1. The fourth-order valence-corrected chi connectivity index (χ4v) is 4.13. The van der Waals surface area contributed by atoms with Gasteiger partial charge in [0.05, 0.1) is 23.7 Å². The first-order valence-electron chi connectivity index (χ1n) is 10.5. The number of anilines is 1. The van der Waals surface area contributed by atoms with Gasteiger partial charge in [-0.05, 0) is 37.1 Å². The highest BCUT2D eigenvalue weighted by atomic mass is 16.5. The van der Waals surface area contributed by atoms with Crippen molar-refractivity contribution >= 4 is 28.9 Å². The molecule has 1 aliphatic heterocycles. The molecule has 7 heteroatoms. The van der Waals surface area contributed by atoms with Gasteiger partial charge in [-0.25, -0.2) is 4.98 Å². The van der Waals surface area contributed by atoms with E-state index in [4.69, 9.17) is 9.72 Å². The highest BCUT2D eigenvalue weighted by Gasteiger charge is 2.47. The Balaban J connectivity index is 1.93. The molecule has 1 aromatic carbocycles. The lowest BCUT2D eigenvalue weighted by Crippen LogP contribution is -2.50. The van der Waals surface area contributed by atoms with Crippen molar-refractivity contribution in [1.29, 1.82) is 0 Å². The Morgan fingerprint density at radius 2 is 1.97 bits per heavy atom. The smallest absolute Gasteiger partial charge is 0.321 e. The van der Waals surface area contributed by atoms with Crippen LogP contribution in [0.2, 0.25) is 0 Å². The Bertz CT molecular complexity index is 1050. The number of carbonyl (C=O) groups excluding carboxylic acids is 2. The molecule has 1 aliphatic rings. The normalized spacial score (nSPS) is 18.5. The summed E-state index contributed by atoms with van der Waals surface area (Å²) in [7, 11) is 0. The number of nitrogens with zero attached hydrogens (tertiary/aromatic N) is 4. The number of para-hydroxylation sites is 2. The number of amides is 1. The van der Waals surface area contributed by atoms with Gasteiger partial charge >= 0.3 is 5.97 Å². The molecule has 7 nitrogen and oxygen atoms in total. The molecule has 0 radical (unpaired) electrons. The van der Waals surface area contributed by atoms with Gasteiger partial charge in [0.15, 0.2) is 5.92 Å². The molecule has 0 spiro atoms. The van der Waals surface area contributed by atoms with Gasteiger partial charge in [-0.1, -0.05) is 38.0 Å². The molecule has 0 saturated carbocycles. The van der Waals surface area contributed by atoms with E-state index < -0.39 is 17.9 Å². The fourth-order valence-electron chi connectivity index (χ4n) is 4.13. The average molecular weight is 406 g/mol. The Kier molecular flexibility index (Phi) is 5.79. The third-order valence-electron chi connectivity index (χ3n) is 5.50. The molecule has 156 valence electrons. The molecular formula is C23H26N4O3. The molecule has 3 aromatic rings. The Hall–Kier alpha value is -3.22. The van der Waals surface area contributed by atoms with Crippen LogP contribution in [-0.4, -0.2) is 39.6 Å². The van der Waals surface area contributed by atoms with Crippen LogP contribution in [0.25, 0.3) is 11.0 Å². The third-order valence-corrected chi connectivity index (χ3v) is 5.50. The van der Waals surface area contributed by atoms with Crippen molar-refractivity contribution in [2.45, 2.75) is 39.2 Å². The van der Waals surface area contributed by atoms with Crippen molar-refractivity contribution < 1.29 is 14.3 Å². The molecular weight excluding hydrogens is 380 g/mol. The maximum Gasteiger partial charge on any atom is 0.321 e. The number of aromatic nitrogens is 3. The largest absolute Gasteiger partial charge is 0.465 e. The molecule has 0 fully saturated rings. The minimum absolute atomic E-state index is 0.218. The molecule has 30 heavy (non-hydrogen) atoms. The van der Waals surface area contributed by atoms with Crippen molar-refractivity contribution in [2.75, 3.05) is 18.1 Å². The number of benzene rings is 1. The van der Waals surface area contributed by atoms with Crippen molar-refractivity contribution in [3.05, 3.63) is 54.4 Å². The van der Waals surface area contributed by atoms with Crippen LogP contribution in [0.3, 0.4) is 0 Å². The van der Waals surface area contributed by atoms with E-state index >= 15 is 0 Å². The highest BCUT2D eigenvalue weighted by Crippen LogP contribution is 2.41. The second-order valence-electron chi connectivity index (χ2n) is 7.43. The topological polar surface area (TPSA) is 77.3 Å². The number of carbonyl (C=O) groups is 2. The van der Waals surface area contributed by atoms with Gasteiger partial charge in [0.2, 0.25) is 11.9 Å². The van der Waals surface area contributed by atoms with E-state index in [0.717, 1.165) is 35.9 Å². The first-order chi connectivity index (χ1) is 14.7. The zero-order valence-corrected chi connectivity index (χ0v) is 17.3. The molecule has 4 rings (SSSR count).